The largest absolute Gasteiger partial charge is 0.339 e. The van der Waals surface area contributed by atoms with E-state index in [2.05, 4.69) is 0 Å². The molecule has 0 atom stereocenters. The summed E-state index contributed by atoms with van der Waals surface area (Å²) in [7, 11) is -3.26. The molecule has 0 unspecified atom stereocenters. The molecule has 2 heterocycles. The van der Waals surface area contributed by atoms with E-state index in [1.165, 1.54) is 12.1 Å². The number of aromatic nitrogens is 1. The van der Waals surface area contributed by atoms with Gasteiger partial charge in [0.05, 0.1) is 25.9 Å². The van der Waals surface area contributed by atoms with Crippen molar-refractivity contribution in [2.75, 3.05) is 18.8 Å². The van der Waals surface area contributed by atoms with Gasteiger partial charge in [0.1, 0.15) is 0 Å². The highest BCUT2D eigenvalue weighted by Gasteiger charge is 2.26. The summed E-state index contributed by atoms with van der Waals surface area (Å²) in [6, 6.07) is 12.0. The van der Waals surface area contributed by atoms with Gasteiger partial charge in [-0.25, -0.2) is 13.4 Å². The standard InChI is InChI=1S/C21H21ClN2O3S2/c1-2-29(26,27)17-6-3-15(4-7-17)21(25)24-11-9-14(10-12-24)20-23-18-13-16(22)5-8-19(18)28-20/h3-8,13-14H,2,9-12H2,1H3. The van der Waals surface area contributed by atoms with Crippen LogP contribution in [-0.2, 0) is 9.84 Å². The maximum absolute atomic E-state index is 12.8. The number of carbonyl (C=O) groups is 1. The molecule has 3 aromatic rings. The van der Waals surface area contributed by atoms with Crippen LogP contribution in [0.15, 0.2) is 47.4 Å². The van der Waals surface area contributed by atoms with Crippen molar-refractivity contribution in [3.05, 3.63) is 58.1 Å². The zero-order valence-electron chi connectivity index (χ0n) is 16.0. The van der Waals surface area contributed by atoms with Gasteiger partial charge in [-0.2, -0.15) is 0 Å². The van der Waals surface area contributed by atoms with Crippen LogP contribution in [0.1, 0.15) is 41.0 Å². The topological polar surface area (TPSA) is 67.3 Å². The molecule has 8 heteroatoms. The molecule has 0 aliphatic carbocycles. The van der Waals surface area contributed by atoms with Crippen molar-refractivity contribution in [2.24, 2.45) is 0 Å². The molecule has 1 aliphatic heterocycles. The molecule has 0 spiro atoms. The molecule has 4 rings (SSSR count). The number of likely N-dealkylation sites (tertiary alicyclic amines) is 1. The summed E-state index contributed by atoms with van der Waals surface area (Å²) in [6.45, 7) is 2.93. The number of thiazole rings is 1. The lowest BCUT2D eigenvalue weighted by atomic mass is 9.97. The molecule has 1 aromatic heterocycles. The van der Waals surface area contributed by atoms with E-state index < -0.39 is 9.84 Å². The molecule has 1 saturated heterocycles. The fourth-order valence-electron chi connectivity index (χ4n) is 3.58. The lowest BCUT2D eigenvalue weighted by molar-refractivity contribution is 0.0713. The van der Waals surface area contributed by atoms with Gasteiger partial charge in [0.25, 0.3) is 5.91 Å². The highest BCUT2D eigenvalue weighted by molar-refractivity contribution is 7.91. The second-order valence-corrected chi connectivity index (χ2v) is 10.9. The molecule has 152 valence electrons. The molecule has 1 amide bonds. The second kappa shape index (κ2) is 8.05. The Morgan fingerprint density at radius 2 is 1.86 bits per heavy atom. The number of carbonyl (C=O) groups excluding carboxylic acids is 1. The summed E-state index contributed by atoms with van der Waals surface area (Å²) in [5.41, 5.74) is 1.45. The van der Waals surface area contributed by atoms with Crippen molar-refractivity contribution in [1.82, 2.24) is 9.88 Å². The number of amides is 1. The first kappa shape index (κ1) is 20.3. The van der Waals surface area contributed by atoms with E-state index in [0.717, 1.165) is 28.1 Å². The fourth-order valence-corrected chi connectivity index (χ4v) is 5.74. The van der Waals surface area contributed by atoms with Crippen molar-refractivity contribution in [3.63, 3.8) is 0 Å². The third-order valence-electron chi connectivity index (χ3n) is 5.34. The molecule has 1 fully saturated rings. The van der Waals surface area contributed by atoms with Crippen LogP contribution in [0.2, 0.25) is 5.02 Å². The van der Waals surface area contributed by atoms with E-state index in [1.54, 1.807) is 30.4 Å². The molecular formula is C21H21ClN2O3S2. The third kappa shape index (κ3) is 4.17. The average molecular weight is 449 g/mol. The number of benzene rings is 2. The summed E-state index contributed by atoms with van der Waals surface area (Å²) in [6.07, 6.45) is 1.73. The number of halogens is 1. The van der Waals surface area contributed by atoms with Crippen LogP contribution in [0.5, 0.6) is 0 Å². The first-order valence-electron chi connectivity index (χ1n) is 9.55. The quantitative estimate of drug-likeness (QED) is 0.576. The molecule has 5 nitrogen and oxygen atoms in total. The monoisotopic (exact) mass is 448 g/mol. The Morgan fingerprint density at radius 3 is 2.52 bits per heavy atom. The van der Waals surface area contributed by atoms with E-state index >= 15 is 0 Å². The zero-order chi connectivity index (χ0) is 20.6. The van der Waals surface area contributed by atoms with E-state index in [0.29, 0.717) is 29.6 Å². The smallest absolute Gasteiger partial charge is 0.253 e. The van der Waals surface area contributed by atoms with Crippen LogP contribution in [-0.4, -0.2) is 43.1 Å². The highest BCUT2D eigenvalue weighted by Crippen LogP contribution is 2.35. The van der Waals surface area contributed by atoms with E-state index in [1.807, 2.05) is 23.1 Å². The number of piperidine rings is 1. The van der Waals surface area contributed by atoms with Crippen molar-refractivity contribution >= 4 is 48.9 Å². The van der Waals surface area contributed by atoms with E-state index in [4.69, 9.17) is 16.6 Å². The predicted molar refractivity (Wildman–Crippen MR) is 117 cm³/mol. The minimum Gasteiger partial charge on any atom is -0.339 e. The van der Waals surface area contributed by atoms with Crippen molar-refractivity contribution in [1.29, 1.82) is 0 Å². The van der Waals surface area contributed by atoms with E-state index in [9.17, 15) is 13.2 Å². The van der Waals surface area contributed by atoms with Gasteiger partial charge >= 0.3 is 0 Å². The van der Waals surface area contributed by atoms with Crippen molar-refractivity contribution in [3.8, 4) is 0 Å². The van der Waals surface area contributed by atoms with Crippen LogP contribution >= 0.6 is 22.9 Å². The van der Waals surface area contributed by atoms with Gasteiger partial charge < -0.3 is 4.90 Å². The number of rotatable bonds is 4. The summed E-state index contributed by atoms with van der Waals surface area (Å²) in [5, 5.41) is 1.79. The first-order chi connectivity index (χ1) is 13.9. The Kier molecular flexibility index (Phi) is 5.64. The Bertz CT molecular complexity index is 1150. The second-order valence-electron chi connectivity index (χ2n) is 7.16. The van der Waals surface area contributed by atoms with Crippen molar-refractivity contribution < 1.29 is 13.2 Å². The van der Waals surface area contributed by atoms with Crippen LogP contribution in [0.25, 0.3) is 10.2 Å². The van der Waals surface area contributed by atoms with Gasteiger partial charge in [0.2, 0.25) is 0 Å². The highest BCUT2D eigenvalue weighted by atomic mass is 35.5. The van der Waals surface area contributed by atoms with E-state index in [-0.39, 0.29) is 16.6 Å². The molecule has 1 aliphatic rings. The molecule has 29 heavy (non-hydrogen) atoms. The summed E-state index contributed by atoms with van der Waals surface area (Å²) >= 11 is 7.75. The van der Waals surface area contributed by atoms with Gasteiger partial charge in [-0.1, -0.05) is 18.5 Å². The summed E-state index contributed by atoms with van der Waals surface area (Å²) < 4.78 is 25.0. The van der Waals surface area contributed by atoms with Crippen LogP contribution in [0, 0.1) is 0 Å². The molecule has 2 aromatic carbocycles. The number of sulfone groups is 1. The number of nitrogens with zero attached hydrogens (tertiary/aromatic N) is 2. The Balaban J connectivity index is 1.42. The van der Waals surface area contributed by atoms with Crippen LogP contribution < -0.4 is 0 Å². The lowest BCUT2D eigenvalue weighted by Gasteiger charge is -2.31. The third-order valence-corrected chi connectivity index (χ3v) is 8.52. The number of fused-ring (bicyclic) bond motifs is 1. The Morgan fingerprint density at radius 1 is 1.17 bits per heavy atom. The maximum atomic E-state index is 12.8. The first-order valence-corrected chi connectivity index (χ1v) is 12.4. The van der Waals surface area contributed by atoms with Gasteiger partial charge in [-0.05, 0) is 55.3 Å². The number of hydrogen-bond acceptors (Lipinski definition) is 5. The molecule has 0 N–H and O–H groups in total. The zero-order valence-corrected chi connectivity index (χ0v) is 18.4. The van der Waals surface area contributed by atoms with Gasteiger partial charge in [-0.3, -0.25) is 4.79 Å². The minimum absolute atomic E-state index is 0.0474. The Hall–Kier alpha value is -1.96. The molecule has 0 saturated carbocycles. The molecule has 0 radical (unpaired) electrons. The SMILES string of the molecule is CCS(=O)(=O)c1ccc(C(=O)N2CCC(c3nc4cc(Cl)ccc4s3)CC2)cc1. The molecular weight excluding hydrogens is 428 g/mol. The summed E-state index contributed by atoms with van der Waals surface area (Å²) in [4.78, 5) is 19.6. The van der Waals surface area contributed by atoms with Crippen molar-refractivity contribution in [2.45, 2.75) is 30.6 Å². The van der Waals surface area contributed by atoms with Gasteiger partial charge in [0.15, 0.2) is 9.84 Å². The number of hydrogen-bond donors (Lipinski definition) is 0. The Labute approximate surface area is 179 Å². The molecule has 0 bridgehead atoms. The summed E-state index contributed by atoms with van der Waals surface area (Å²) in [5.74, 6) is 0.332. The van der Waals surface area contributed by atoms with Crippen LogP contribution in [0.3, 0.4) is 0 Å². The van der Waals surface area contributed by atoms with Gasteiger partial charge in [-0.15, -0.1) is 11.3 Å². The van der Waals surface area contributed by atoms with Crippen LogP contribution in [0.4, 0.5) is 0 Å². The van der Waals surface area contributed by atoms with Gasteiger partial charge in [0, 0.05) is 29.6 Å². The predicted octanol–water partition coefficient (Wildman–Crippen LogP) is 4.76. The maximum Gasteiger partial charge on any atom is 0.253 e. The normalized spacial score (nSPS) is 15.7. The average Bonchev–Trinajstić information content (AvgIpc) is 3.16. The fraction of sp³-hybridized carbons (Fsp3) is 0.333. The minimum atomic E-state index is -3.26. The lowest BCUT2D eigenvalue weighted by Crippen LogP contribution is -2.37.